The largest absolute Gasteiger partial charge is 0.454 e. The van der Waals surface area contributed by atoms with Gasteiger partial charge in [0.15, 0.2) is 5.60 Å². The van der Waals surface area contributed by atoms with Crippen LogP contribution in [0.25, 0.3) is 5.82 Å². The van der Waals surface area contributed by atoms with Crippen LogP contribution in [0.1, 0.15) is 6.42 Å². The Labute approximate surface area is 139 Å². The molecule has 4 rings (SSSR count). The Morgan fingerprint density at radius 2 is 2.42 bits per heavy atom. The molecule has 24 heavy (non-hydrogen) atoms. The molecule has 124 valence electrons. The van der Waals surface area contributed by atoms with Crippen LogP contribution < -0.4 is 10.6 Å². The van der Waals surface area contributed by atoms with Crippen molar-refractivity contribution in [3.63, 3.8) is 0 Å². The lowest BCUT2D eigenvalue weighted by Gasteiger charge is -2.38. The van der Waals surface area contributed by atoms with Gasteiger partial charge in [0.1, 0.15) is 24.3 Å². The zero-order valence-electron chi connectivity index (χ0n) is 13.2. The number of aliphatic imine (C=N–C) groups is 1. The number of anilines is 1. The molecule has 8 nitrogen and oxygen atoms in total. The van der Waals surface area contributed by atoms with Crippen LogP contribution in [-0.2, 0) is 4.74 Å². The number of aromatic nitrogens is 4. The summed E-state index contributed by atoms with van der Waals surface area (Å²) in [6.07, 6.45) is 9.69. The number of nitrogens with zero attached hydrogens (tertiary/aromatic N) is 5. The van der Waals surface area contributed by atoms with Crippen molar-refractivity contribution in [3.8, 4) is 5.82 Å². The van der Waals surface area contributed by atoms with E-state index >= 15 is 0 Å². The zero-order chi connectivity index (χ0) is 16.4. The molecule has 0 aliphatic carbocycles. The number of piperidine rings is 1. The predicted octanol–water partition coefficient (Wildman–Crippen LogP) is 0.995. The van der Waals surface area contributed by atoms with E-state index in [1.54, 1.807) is 12.5 Å². The van der Waals surface area contributed by atoms with Gasteiger partial charge in [-0.3, -0.25) is 9.88 Å². The van der Waals surface area contributed by atoms with E-state index in [9.17, 15) is 0 Å². The molecule has 1 spiro atoms. The number of ether oxygens (including phenoxy) is 1. The van der Waals surface area contributed by atoms with Crippen molar-refractivity contribution in [1.82, 2.24) is 24.8 Å². The first-order valence-corrected chi connectivity index (χ1v) is 7.93. The average Bonchev–Trinajstić information content (AvgIpc) is 3.27. The Kier molecular flexibility index (Phi) is 3.73. The summed E-state index contributed by atoms with van der Waals surface area (Å²) in [6.45, 7) is 6.30. The van der Waals surface area contributed by atoms with Gasteiger partial charge in [-0.05, 0) is 13.0 Å². The molecule has 2 aromatic heterocycles. The normalized spacial score (nSPS) is 26.0. The van der Waals surface area contributed by atoms with E-state index in [4.69, 9.17) is 4.74 Å². The highest BCUT2D eigenvalue weighted by Gasteiger charge is 2.45. The smallest absolute Gasteiger partial charge is 0.291 e. The Bertz CT molecular complexity index is 758. The van der Waals surface area contributed by atoms with Gasteiger partial charge in [-0.25, -0.2) is 19.9 Å². The lowest BCUT2D eigenvalue weighted by atomic mass is 9.82. The summed E-state index contributed by atoms with van der Waals surface area (Å²) < 4.78 is 7.96. The highest BCUT2D eigenvalue weighted by molar-refractivity contribution is 5.89. The maximum atomic E-state index is 6.15. The molecule has 0 bridgehead atoms. The van der Waals surface area contributed by atoms with Crippen LogP contribution in [0.5, 0.6) is 0 Å². The van der Waals surface area contributed by atoms with Crippen LogP contribution in [0.15, 0.2) is 48.8 Å². The van der Waals surface area contributed by atoms with Crippen molar-refractivity contribution in [1.29, 1.82) is 0 Å². The SMILES string of the molecule is C=CC1CCNCC12CN=C(Nc1cc(-n3ccnc3)ncn1)O2. The first-order chi connectivity index (χ1) is 11.8. The van der Waals surface area contributed by atoms with Crippen LogP contribution in [0, 0.1) is 5.92 Å². The predicted molar refractivity (Wildman–Crippen MR) is 90.1 cm³/mol. The van der Waals surface area contributed by atoms with E-state index in [-0.39, 0.29) is 11.5 Å². The lowest BCUT2D eigenvalue weighted by molar-refractivity contribution is 0.0234. The minimum atomic E-state index is -0.345. The molecular formula is C16H19N7O. The summed E-state index contributed by atoms with van der Waals surface area (Å²) in [7, 11) is 0. The van der Waals surface area contributed by atoms with Gasteiger partial charge in [-0.1, -0.05) is 6.08 Å². The molecular weight excluding hydrogens is 306 g/mol. The third-order valence-electron chi connectivity index (χ3n) is 4.46. The summed E-state index contributed by atoms with van der Waals surface area (Å²) in [5.74, 6) is 1.64. The van der Waals surface area contributed by atoms with Crippen molar-refractivity contribution >= 4 is 11.8 Å². The maximum absolute atomic E-state index is 6.15. The van der Waals surface area contributed by atoms with Crippen molar-refractivity contribution in [3.05, 3.63) is 43.8 Å². The van der Waals surface area contributed by atoms with Gasteiger partial charge in [-0.2, -0.15) is 0 Å². The monoisotopic (exact) mass is 325 g/mol. The Hall–Kier alpha value is -2.74. The number of amidine groups is 1. The fraction of sp³-hybridized carbons (Fsp3) is 0.375. The molecule has 2 aliphatic heterocycles. The van der Waals surface area contributed by atoms with E-state index in [2.05, 4.69) is 37.2 Å². The first kappa shape index (κ1) is 14.8. The molecule has 0 radical (unpaired) electrons. The molecule has 1 saturated heterocycles. The van der Waals surface area contributed by atoms with E-state index in [1.807, 2.05) is 22.9 Å². The van der Waals surface area contributed by atoms with E-state index in [1.165, 1.54) is 6.33 Å². The highest BCUT2D eigenvalue weighted by Crippen LogP contribution is 2.32. The topological polar surface area (TPSA) is 89.2 Å². The molecule has 0 saturated carbocycles. The minimum Gasteiger partial charge on any atom is -0.454 e. The van der Waals surface area contributed by atoms with Crippen molar-refractivity contribution in [2.75, 3.05) is 25.0 Å². The second-order valence-corrected chi connectivity index (χ2v) is 5.95. The molecule has 2 N–H and O–H groups in total. The maximum Gasteiger partial charge on any atom is 0.291 e. The molecule has 4 heterocycles. The standard InChI is InChI=1S/C16H19N7O/c1-2-12-3-4-17-8-16(12)9-19-15(24-16)22-13-7-14(21-10-20-13)23-6-5-18-11-23/h2,5-7,10-12,17H,1,3-4,8-9H2,(H,19,20,21,22). The lowest BCUT2D eigenvalue weighted by Crippen LogP contribution is -2.54. The van der Waals surface area contributed by atoms with Crippen LogP contribution in [0.2, 0.25) is 0 Å². The number of hydrogen-bond donors (Lipinski definition) is 2. The first-order valence-electron chi connectivity index (χ1n) is 7.93. The molecule has 2 aromatic rings. The molecule has 8 heteroatoms. The number of imidazole rings is 1. The molecule has 2 aliphatic rings. The van der Waals surface area contributed by atoms with Crippen LogP contribution in [0.4, 0.5) is 5.82 Å². The van der Waals surface area contributed by atoms with Gasteiger partial charge < -0.3 is 10.1 Å². The van der Waals surface area contributed by atoms with Crippen LogP contribution >= 0.6 is 0 Å². The van der Waals surface area contributed by atoms with Gasteiger partial charge in [0.25, 0.3) is 6.02 Å². The van der Waals surface area contributed by atoms with Gasteiger partial charge in [0.2, 0.25) is 0 Å². The van der Waals surface area contributed by atoms with Gasteiger partial charge in [-0.15, -0.1) is 6.58 Å². The second-order valence-electron chi connectivity index (χ2n) is 5.95. The third kappa shape index (κ3) is 2.65. The van der Waals surface area contributed by atoms with Crippen molar-refractivity contribution in [2.24, 2.45) is 10.9 Å². The van der Waals surface area contributed by atoms with E-state index < -0.39 is 0 Å². The molecule has 2 unspecified atom stereocenters. The highest BCUT2D eigenvalue weighted by atomic mass is 16.5. The molecule has 2 atom stereocenters. The summed E-state index contributed by atoms with van der Waals surface area (Å²) >= 11 is 0. The number of rotatable bonds is 3. The van der Waals surface area contributed by atoms with Crippen LogP contribution in [-0.4, -0.2) is 50.8 Å². The Balaban J connectivity index is 1.49. The minimum absolute atomic E-state index is 0.286. The second kappa shape index (κ2) is 6.04. The third-order valence-corrected chi connectivity index (χ3v) is 4.46. The van der Waals surface area contributed by atoms with Gasteiger partial charge >= 0.3 is 0 Å². The Morgan fingerprint density at radius 1 is 1.46 bits per heavy atom. The molecule has 0 amide bonds. The van der Waals surface area contributed by atoms with Gasteiger partial charge in [0, 0.05) is 30.9 Å². The fourth-order valence-electron chi connectivity index (χ4n) is 3.16. The summed E-state index contributed by atoms with van der Waals surface area (Å²) in [4.78, 5) is 17.0. The van der Waals surface area contributed by atoms with Crippen molar-refractivity contribution < 1.29 is 4.74 Å². The number of nitrogens with one attached hydrogen (secondary N) is 2. The zero-order valence-corrected chi connectivity index (χ0v) is 13.2. The number of hydrogen-bond acceptors (Lipinski definition) is 7. The fourth-order valence-corrected chi connectivity index (χ4v) is 3.16. The average molecular weight is 325 g/mol. The van der Waals surface area contributed by atoms with Crippen LogP contribution in [0.3, 0.4) is 0 Å². The van der Waals surface area contributed by atoms with Gasteiger partial charge in [0.05, 0.1) is 6.54 Å². The quantitative estimate of drug-likeness (QED) is 0.818. The Morgan fingerprint density at radius 3 is 3.25 bits per heavy atom. The molecule has 0 aromatic carbocycles. The summed E-state index contributed by atoms with van der Waals surface area (Å²) in [5.41, 5.74) is -0.345. The summed E-state index contributed by atoms with van der Waals surface area (Å²) in [5, 5.41) is 6.52. The molecule has 1 fully saturated rings. The van der Waals surface area contributed by atoms with E-state index in [0.29, 0.717) is 18.4 Å². The van der Waals surface area contributed by atoms with E-state index in [0.717, 1.165) is 25.3 Å². The summed E-state index contributed by atoms with van der Waals surface area (Å²) in [6, 6.07) is 2.31. The van der Waals surface area contributed by atoms with Crippen molar-refractivity contribution in [2.45, 2.75) is 12.0 Å².